The first-order chi connectivity index (χ1) is 10.3. The molecule has 2 unspecified atom stereocenters. The Morgan fingerprint density at radius 2 is 1.57 bits per heavy atom. The molecule has 6 nitrogen and oxygen atoms in total. The van der Waals surface area contributed by atoms with Crippen molar-refractivity contribution in [2.75, 3.05) is 13.2 Å². The van der Waals surface area contributed by atoms with E-state index in [0.717, 1.165) is 51.7 Å². The number of carbonyl (C=O) groups excluding carboxylic acids is 1. The lowest BCUT2D eigenvalue weighted by Crippen LogP contribution is -2.50. The van der Waals surface area contributed by atoms with E-state index in [9.17, 15) is 4.79 Å². The van der Waals surface area contributed by atoms with E-state index in [4.69, 9.17) is 4.74 Å². The van der Waals surface area contributed by atoms with Gasteiger partial charge in [-0.1, -0.05) is 0 Å². The Labute approximate surface area is 124 Å². The fourth-order valence-electron chi connectivity index (χ4n) is 4.27. The second-order valence-electron chi connectivity index (χ2n) is 6.49. The van der Waals surface area contributed by atoms with Gasteiger partial charge in [0.2, 0.25) is 5.91 Å². The van der Waals surface area contributed by atoms with Gasteiger partial charge in [0, 0.05) is 31.2 Å². The lowest BCUT2D eigenvalue weighted by atomic mass is 9.93. The summed E-state index contributed by atoms with van der Waals surface area (Å²) in [4.78, 5) is 16.9. The number of ether oxygens (including phenoxy) is 1. The molecule has 4 rings (SSSR count). The molecular formula is C15H22N4O2. The van der Waals surface area contributed by atoms with E-state index in [0.29, 0.717) is 24.0 Å². The summed E-state index contributed by atoms with van der Waals surface area (Å²) in [5.41, 5.74) is 0. The fourth-order valence-corrected chi connectivity index (χ4v) is 4.27. The van der Waals surface area contributed by atoms with Gasteiger partial charge in [0.25, 0.3) is 0 Å². The first-order valence-corrected chi connectivity index (χ1v) is 8.08. The molecule has 1 amide bonds. The standard InChI is InChI=1S/C15H22N4O2/c20-15(11-3-7-21-8-4-11)18-12-1-2-13(18)10-14(9-12)19-16-5-6-17-19/h5-6,11-14H,1-4,7-10H2. The molecule has 0 aromatic carbocycles. The summed E-state index contributed by atoms with van der Waals surface area (Å²) in [7, 11) is 0. The highest BCUT2D eigenvalue weighted by Crippen LogP contribution is 2.41. The van der Waals surface area contributed by atoms with Crippen molar-refractivity contribution < 1.29 is 9.53 Å². The number of carbonyl (C=O) groups is 1. The van der Waals surface area contributed by atoms with Crippen LogP contribution in [0.4, 0.5) is 0 Å². The Hall–Kier alpha value is -1.43. The molecular weight excluding hydrogens is 268 g/mol. The summed E-state index contributed by atoms with van der Waals surface area (Å²) in [5.74, 6) is 0.555. The second-order valence-corrected chi connectivity index (χ2v) is 6.49. The Morgan fingerprint density at radius 3 is 2.19 bits per heavy atom. The topological polar surface area (TPSA) is 60.2 Å². The molecule has 21 heavy (non-hydrogen) atoms. The number of amides is 1. The summed E-state index contributed by atoms with van der Waals surface area (Å²) in [6, 6.07) is 1.13. The Morgan fingerprint density at radius 1 is 0.952 bits per heavy atom. The largest absolute Gasteiger partial charge is 0.381 e. The van der Waals surface area contributed by atoms with Crippen LogP contribution in [0.2, 0.25) is 0 Å². The van der Waals surface area contributed by atoms with Crippen molar-refractivity contribution in [1.29, 1.82) is 0 Å². The summed E-state index contributed by atoms with van der Waals surface area (Å²) >= 11 is 0. The van der Waals surface area contributed by atoms with Crippen LogP contribution in [0, 0.1) is 5.92 Å². The van der Waals surface area contributed by atoms with Gasteiger partial charge in [0.05, 0.1) is 18.4 Å². The average Bonchev–Trinajstić information content (AvgIpc) is 3.14. The third-order valence-corrected chi connectivity index (χ3v) is 5.30. The van der Waals surface area contributed by atoms with Crippen LogP contribution in [0.15, 0.2) is 12.4 Å². The summed E-state index contributed by atoms with van der Waals surface area (Å²) < 4.78 is 5.38. The Bertz CT molecular complexity index is 484. The van der Waals surface area contributed by atoms with Crippen molar-refractivity contribution in [3.63, 3.8) is 0 Å². The van der Waals surface area contributed by atoms with Gasteiger partial charge in [-0.05, 0) is 38.5 Å². The predicted molar refractivity (Wildman–Crippen MR) is 75.5 cm³/mol. The smallest absolute Gasteiger partial charge is 0.226 e. The molecule has 0 aliphatic carbocycles. The van der Waals surface area contributed by atoms with Crippen molar-refractivity contribution in [2.45, 2.75) is 56.7 Å². The zero-order valence-corrected chi connectivity index (χ0v) is 12.2. The van der Waals surface area contributed by atoms with E-state index in [-0.39, 0.29) is 5.92 Å². The first-order valence-electron chi connectivity index (χ1n) is 8.08. The number of hydrogen-bond donors (Lipinski definition) is 0. The van der Waals surface area contributed by atoms with Crippen LogP contribution >= 0.6 is 0 Å². The molecule has 3 aliphatic rings. The van der Waals surface area contributed by atoms with Gasteiger partial charge in [-0.25, -0.2) is 0 Å². The number of nitrogens with zero attached hydrogens (tertiary/aromatic N) is 4. The zero-order valence-electron chi connectivity index (χ0n) is 12.2. The minimum absolute atomic E-state index is 0.182. The van der Waals surface area contributed by atoms with Gasteiger partial charge in [-0.2, -0.15) is 15.0 Å². The summed E-state index contributed by atoms with van der Waals surface area (Å²) in [6.07, 6.45) is 9.52. The molecule has 114 valence electrons. The molecule has 3 fully saturated rings. The summed E-state index contributed by atoms with van der Waals surface area (Å²) in [5, 5.41) is 8.56. The quantitative estimate of drug-likeness (QED) is 0.826. The molecule has 2 bridgehead atoms. The van der Waals surface area contributed by atoms with E-state index in [1.165, 1.54) is 0 Å². The molecule has 0 N–H and O–H groups in total. The van der Waals surface area contributed by atoms with E-state index in [1.54, 1.807) is 12.4 Å². The number of hydrogen-bond acceptors (Lipinski definition) is 4. The predicted octanol–water partition coefficient (Wildman–Crippen LogP) is 1.40. The van der Waals surface area contributed by atoms with Crippen molar-refractivity contribution in [1.82, 2.24) is 19.9 Å². The van der Waals surface area contributed by atoms with Crippen LogP contribution in [0.5, 0.6) is 0 Å². The van der Waals surface area contributed by atoms with Crippen molar-refractivity contribution >= 4 is 5.91 Å². The van der Waals surface area contributed by atoms with Crippen molar-refractivity contribution in [3.05, 3.63) is 12.4 Å². The van der Waals surface area contributed by atoms with Crippen LogP contribution in [0.1, 0.15) is 44.6 Å². The maximum atomic E-state index is 12.8. The first kappa shape index (κ1) is 13.2. The highest BCUT2D eigenvalue weighted by molar-refractivity contribution is 5.80. The molecule has 3 aliphatic heterocycles. The highest BCUT2D eigenvalue weighted by atomic mass is 16.5. The van der Waals surface area contributed by atoms with Gasteiger partial charge in [0.15, 0.2) is 0 Å². The molecule has 6 heteroatoms. The molecule has 0 radical (unpaired) electrons. The lowest BCUT2D eigenvalue weighted by Gasteiger charge is -2.40. The lowest BCUT2D eigenvalue weighted by molar-refractivity contribution is -0.143. The van der Waals surface area contributed by atoms with Crippen LogP contribution in [-0.2, 0) is 9.53 Å². The zero-order chi connectivity index (χ0) is 14.2. The number of aromatic nitrogens is 3. The number of fused-ring (bicyclic) bond motifs is 2. The maximum absolute atomic E-state index is 12.8. The molecule has 2 atom stereocenters. The fraction of sp³-hybridized carbons (Fsp3) is 0.800. The van der Waals surface area contributed by atoms with Crippen LogP contribution < -0.4 is 0 Å². The van der Waals surface area contributed by atoms with Gasteiger partial charge in [0.1, 0.15) is 0 Å². The minimum atomic E-state index is 0.182. The Balaban J connectivity index is 1.47. The average molecular weight is 290 g/mol. The van der Waals surface area contributed by atoms with Crippen molar-refractivity contribution in [2.24, 2.45) is 5.92 Å². The molecule has 1 aromatic heterocycles. The van der Waals surface area contributed by atoms with Crippen LogP contribution in [0.3, 0.4) is 0 Å². The second kappa shape index (κ2) is 5.40. The molecule has 0 spiro atoms. The Kier molecular flexibility index (Phi) is 3.41. The monoisotopic (exact) mass is 290 g/mol. The number of piperidine rings is 1. The van der Waals surface area contributed by atoms with E-state index in [2.05, 4.69) is 15.1 Å². The van der Waals surface area contributed by atoms with E-state index >= 15 is 0 Å². The highest BCUT2D eigenvalue weighted by Gasteiger charge is 2.45. The molecule has 1 aromatic rings. The van der Waals surface area contributed by atoms with Gasteiger partial charge in [-0.3, -0.25) is 4.79 Å². The molecule has 4 heterocycles. The van der Waals surface area contributed by atoms with Gasteiger partial charge < -0.3 is 9.64 Å². The number of rotatable bonds is 2. The summed E-state index contributed by atoms with van der Waals surface area (Å²) in [6.45, 7) is 1.47. The SMILES string of the molecule is O=C(C1CCOCC1)N1C2CCC1CC(n1nccn1)C2. The van der Waals surface area contributed by atoms with Gasteiger partial charge >= 0.3 is 0 Å². The minimum Gasteiger partial charge on any atom is -0.381 e. The van der Waals surface area contributed by atoms with Gasteiger partial charge in [-0.15, -0.1) is 0 Å². The van der Waals surface area contributed by atoms with Crippen LogP contribution in [-0.4, -0.2) is 51.1 Å². The maximum Gasteiger partial charge on any atom is 0.226 e. The van der Waals surface area contributed by atoms with E-state index in [1.807, 2.05) is 4.80 Å². The van der Waals surface area contributed by atoms with Crippen LogP contribution in [0.25, 0.3) is 0 Å². The third-order valence-electron chi connectivity index (χ3n) is 5.30. The molecule has 0 saturated carbocycles. The van der Waals surface area contributed by atoms with Crippen molar-refractivity contribution in [3.8, 4) is 0 Å². The van der Waals surface area contributed by atoms with E-state index < -0.39 is 0 Å². The molecule has 3 saturated heterocycles. The normalized spacial score (nSPS) is 33.3. The third kappa shape index (κ3) is 2.35.